The molecule has 0 aliphatic heterocycles. The van der Waals surface area contributed by atoms with E-state index in [0.29, 0.717) is 19.4 Å². The van der Waals surface area contributed by atoms with E-state index < -0.39 is 11.9 Å². The fraction of sp³-hybridized carbons (Fsp3) is 0.259. The Hall–Kier alpha value is -3.09. The number of carboxylic acid groups (broad SMARTS) is 1. The van der Waals surface area contributed by atoms with Gasteiger partial charge in [-0.2, -0.15) is 0 Å². The van der Waals surface area contributed by atoms with Gasteiger partial charge in [0.05, 0.1) is 5.92 Å². The highest BCUT2D eigenvalue weighted by molar-refractivity contribution is 8.01. The molecule has 0 fully saturated rings. The zero-order valence-corrected chi connectivity index (χ0v) is 19.8. The molecule has 5 nitrogen and oxygen atoms in total. The topological polar surface area (TPSA) is 78.4 Å². The second kappa shape index (κ2) is 14.1. The minimum atomic E-state index is -0.863. The quantitative estimate of drug-likeness (QED) is 0.199. The van der Waals surface area contributed by atoms with Crippen LogP contribution in [0.5, 0.6) is 0 Å². The molecule has 3 N–H and O–H groups in total. The van der Waals surface area contributed by atoms with Crippen LogP contribution in [0.4, 0.5) is 0 Å². The number of hydrogen-bond acceptors (Lipinski definition) is 4. The predicted octanol–water partition coefficient (Wildman–Crippen LogP) is 5.38. The van der Waals surface area contributed by atoms with E-state index in [2.05, 4.69) is 47.5 Å². The summed E-state index contributed by atoms with van der Waals surface area (Å²) in [7, 11) is 0. The number of allylic oxidation sites excluding steroid dienone is 3. The van der Waals surface area contributed by atoms with Gasteiger partial charge in [-0.25, -0.2) is 0 Å². The first kappa shape index (κ1) is 26.2. The number of aliphatic carboxylic acids is 1. The lowest BCUT2D eigenvalue weighted by atomic mass is 9.95. The Morgan fingerprint density at radius 1 is 1.06 bits per heavy atom. The van der Waals surface area contributed by atoms with E-state index in [0.717, 1.165) is 21.6 Å². The summed E-state index contributed by atoms with van der Waals surface area (Å²) in [6, 6.07) is 18.0. The minimum absolute atomic E-state index is 0.112. The molecule has 2 aromatic rings. The Balaban J connectivity index is 1.95. The van der Waals surface area contributed by atoms with Crippen molar-refractivity contribution in [2.45, 2.75) is 32.2 Å². The van der Waals surface area contributed by atoms with Crippen LogP contribution in [0.1, 0.15) is 25.3 Å². The van der Waals surface area contributed by atoms with Gasteiger partial charge < -0.3 is 10.4 Å². The van der Waals surface area contributed by atoms with Crippen LogP contribution >= 0.6 is 11.9 Å². The standard InChI is InChI=1S/C27H32N2O3S/c1-4-9-25(5-2)33-28-17-16-26(30)29-24(18-20(3)27(31)32)19-21-12-14-23(15-13-21)22-10-7-6-8-11-22/h4-15,20,24,28H,1-2,16-19H2,3H3,(H,29,30)(H,31,32)/b25-9+/t20-,24+/m1/s1. The highest BCUT2D eigenvalue weighted by Gasteiger charge is 2.20. The molecule has 2 atom stereocenters. The number of nitrogens with one attached hydrogen (secondary N) is 2. The first-order valence-corrected chi connectivity index (χ1v) is 11.8. The van der Waals surface area contributed by atoms with Gasteiger partial charge in [-0.05, 0) is 47.6 Å². The Kier molecular flexibility index (Phi) is 11.2. The van der Waals surface area contributed by atoms with E-state index in [-0.39, 0.29) is 18.4 Å². The Labute approximate surface area is 200 Å². The zero-order valence-electron chi connectivity index (χ0n) is 19.0. The molecule has 0 heterocycles. The SMILES string of the molecule is C=C/C=C(\C=C)SNCCC(=O)N[C@H](Cc1ccc(-c2ccccc2)cc1)C[C@@H](C)C(=O)O. The first-order valence-electron chi connectivity index (χ1n) is 10.9. The van der Waals surface area contributed by atoms with Gasteiger partial charge in [-0.1, -0.05) is 86.8 Å². The van der Waals surface area contributed by atoms with Gasteiger partial charge in [-0.3, -0.25) is 14.3 Å². The number of carbonyl (C=O) groups excluding carboxylic acids is 1. The van der Waals surface area contributed by atoms with Gasteiger partial charge in [0.2, 0.25) is 5.91 Å². The van der Waals surface area contributed by atoms with Crippen molar-refractivity contribution in [3.8, 4) is 11.1 Å². The lowest BCUT2D eigenvalue weighted by Gasteiger charge is -2.21. The van der Waals surface area contributed by atoms with Crippen molar-refractivity contribution in [1.29, 1.82) is 0 Å². The predicted molar refractivity (Wildman–Crippen MR) is 138 cm³/mol. The molecule has 33 heavy (non-hydrogen) atoms. The molecule has 0 spiro atoms. The maximum absolute atomic E-state index is 12.5. The normalized spacial score (nSPS) is 13.1. The van der Waals surface area contributed by atoms with E-state index in [4.69, 9.17) is 0 Å². The van der Waals surface area contributed by atoms with Gasteiger partial charge in [0.15, 0.2) is 0 Å². The first-order chi connectivity index (χ1) is 15.9. The summed E-state index contributed by atoms with van der Waals surface area (Å²) < 4.78 is 3.13. The third-order valence-corrected chi connectivity index (χ3v) is 5.98. The molecule has 6 heteroatoms. The van der Waals surface area contributed by atoms with Crippen molar-refractivity contribution in [1.82, 2.24) is 10.0 Å². The zero-order chi connectivity index (χ0) is 24.1. The summed E-state index contributed by atoms with van der Waals surface area (Å²) in [5.41, 5.74) is 3.31. The lowest BCUT2D eigenvalue weighted by molar-refractivity contribution is -0.141. The van der Waals surface area contributed by atoms with Crippen molar-refractivity contribution in [3.05, 3.63) is 96.5 Å². The molecule has 2 aromatic carbocycles. The molecule has 0 saturated heterocycles. The van der Waals surface area contributed by atoms with Crippen LogP contribution in [0.15, 0.2) is 90.9 Å². The lowest BCUT2D eigenvalue weighted by Crippen LogP contribution is -2.39. The number of rotatable bonds is 14. The van der Waals surface area contributed by atoms with E-state index in [1.807, 2.05) is 36.4 Å². The van der Waals surface area contributed by atoms with E-state index in [1.54, 1.807) is 19.1 Å². The van der Waals surface area contributed by atoms with Crippen LogP contribution in [-0.2, 0) is 16.0 Å². The number of hydrogen-bond donors (Lipinski definition) is 3. The number of carboxylic acids is 1. The minimum Gasteiger partial charge on any atom is -0.481 e. The smallest absolute Gasteiger partial charge is 0.306 e. The van der Waals surface area contributed by atoms with Crippen molar-refractivity contribution in [3.63, 3.8) is 0 Å². The summed E-state index contributed by atoms with van der Waals surface area (Å²) >= 11 is 1.39. The van der Waals surface area contributed by atoms with E-state index in [1.165, 1.54) is 11.9 Å². The Morgan fingerprint density at radius 3 is 2.33 bits per heavy atom. The average Bonchev–Trinajstić information content (AvgIpc) is 2.82. The van der Waals surface area contributed by atoms with Crippen molar-refractivity contribution >= 4 is 23.8 Å². The van der Waals surface area contributed by atoms with Crippen molar-refractivity contribution in [2.24, 2.45) is 5.92 Å². The third-order valence-electron chi connectivity index (χ3n) is 5.10. The second-order valence-electron chi connectivity index (χ2n) is 7.76. The molecule has 0 aliphatic carbocycles. The third kappa shape index (κ3) is 9.51. The summed E-state index contributed by atoms with van der Waals surface area (Å²) in [6.45, 7) is 9.54. The summed E-state index contributed by atoms with van der Waals surface area (Å²) in [6.07, 6.45) is 6.45. The molecule has 174 valence electrons. The summed E-state index contributed by atoms with van der Waals surface area (Å²) in [5, 5.41) is 12.4. The number of benzene rings is 2. The van der Waals surface area contributed by atoms with Gasteiger partial charge >= 0.3 is 5.97 Å². The molecule has 0 radical (unpaired) electrons. The van der Waals surface area contributed by atoms with Crippen LogP contribution in [-0.4, -0.2) is 29.6 Å². The maximum atomic E-state index is 12.5. The average molecular weight is 465 g/mol. The van der Waals surface area contributed by atoms with Crippen LogP contribution in [0.25, 0.3) is 11.1 Å². The van der Waals surface area contributed by atoms with Crippen LogP contribution in [0, 0.1) is 5.92 Å². The molecule has 0 unspecified atom stereocenters. The summed E-state index contributed by atoms with van der Waals surface area (Å²) in [5.74, 6) is -1.52. The molecule has 0 aliphatic rings. The van der Waals surface area contributed by atoms with Crippen molar-refractivity contribution in [2.75, 3.05) is 6.54 Å². The van der Waals surface area contributed by atoms with Crippen molar-refractivity contribution < 1.29 is 14.7 Å². The Morgan fingerprint density at radius 2 is 1.73 bits per heavy atom. The molecule has 0 aromatic heterocycles. The number of amides is 1. The van der Waals surface area contributed by atoms with Gasteiger partial charge in [-0.15, -0.1) is 0 Å². The maximum Gasteiger partial charge on any atom is 0.306 e. The molecular weight excluding hydrogens is 432 g/mol. The van der Waals surface area contributed by atoms with Crippen LogP contribution in [0.2, 0.25) is 0 Å². The molecule has 0 saturated carbocycles. The fourth-order valence-corrected chi connectivity index (χ4v) is 3.95. The van der Waals surface area contributed by atoms with E-state index >= 15 is 0 Å². The van der Waals surface area contributed by atoms with Crippen LogP contribution in [0.3, 0.4) is 0 Å². The molecule has 1 amide bonds. The molecule has 2 rings (SSSR count). The molecule has 0 bridgehead atoms. The van der Waals surface area contributed by atoms with Crippen LogP contribution < -0.4 is 10.0 Å². The largest absolute Gasteiger partial charge is 0.481 e. The highest BCUT2D eigenvalue weighted by Crippen LogP contribution is 2.21. The van der Waals surface area contributed by atoms with Gasteiger partial charge in [0.1, 0.15) is 0 Å². The second-order valence-corrected chi connectivity index (χ2v) is 8.73. The van der Waals surface area contributed by atoms with E-state index in [9.17, 15) is 14.7 Å². The van der Waals surface area contributed by atoms with Gasteiger partial charge in [0.25, 0.3) is 0 Å². The monoisotopic (exact) mass is 464 g/mol. The van der Waals surface area contributed by atoms with Gasteiger partial charge in [0, 0.05) is 23.9 Å². The molecular formula is C27H32N2O3S. The number of carbonyl (C=O) groups is 2. The highest BCUT2D eigenvalue weighted by atomic mass is 32.2. The summed E-state index contributed by atoms with van der Waals surface area (Å²) in [4.78, 5) is 24.8. The fourth-order valence-electron chi connectivity index (χ4n) is 3.33. The Bertz CT molecular complexity index is 955.